The number of fused-ring (bicyclic) bond motifs is 1. The van der Waals surface area contributed by atoms with E-state index >= 15 is 0 Å². The summed E-state index contributed by atoms with van der Waals surface area (Å²) in [7, 11) is 0. The third-order valence-corrected chi connectivity index (χ3v) is 5.97. The van der Waals surface area contributed by atoms with Crippen LogP contribution in [0.4, 0.5) is 13.2 Å². The molecule has 6 nitrogen and oxygen atoms in total. The first-order valence-corrected chi connectivity index (χ1v) is 11.8. The molecule has 0 radical (unpaired) electrons. The van der Waals surface area contributed by atoms with Gasteiger partial charge in [-0.25, -0.2) is 4.79 Å². The number of halogens is 3. The molecular formula is C27H29F3N2O4. The van der Waals surface area contributed by atoms with E-state index in [9.17, 15) is 23.1 Å². The molecule has 0 fully saturated rings. The van der Waals surface area contributed by atoms with Crippen LogP contribution in [0.25, 0.3) is 22.3 Å². The summed E-state index contributed by atoms with van der Waals surface area (Å²) in [5.41, 5.74) is 0.0115. The van der Waals surface area contributed by atoms with Crippen LogP contribution in [0.15, 0.2) is 42.7 Å². The van der Waals surface area contributed by atoms with E-state index < -0.39 is 35.0 Å². The van der Waals surface area contributed by atoms with Gasteiger partial charge in [-0.1, -0.05) is 12.1 Å². The second kappa shape index (κ2) is 9.61. The molecule has 1 aromatic heterocycles. The molecule has 0 aliphatic carbocycles. The second-order valence-corrected chi connectivity index (χ2v) is 9.75. The number of ether oxygens (including phenoxy) is 2. The Morgan fingerprint density at radius 1 is 1.19 bits per heavy atom. The highest BCUT2D eigenvalue weighted by molar-refractivity contribution is 5.90. The van der Waals surface area contributed by atoms with Crippen molar-refractivity contribution in [1.29, 1.82) is 0 Å². The molecule has 0 saturated heterocycles. The molecule has 9 heteroatoms. The Bertz CT molecular complexity index is 1270. The van der Waals surface area contributed by atoms with Crippen molar-refractivity contribution >= 4 is 5.97 Å². The summed E-state index contributed by atoms with van der Waals surface area (Å²) >= 11 is 0. The van der Waals surface area contributed by atoms with Crippen LogP contribution in [0, 0.1) is 0 Å². The lowest BCUT2D eigenvalue weighted by atomic mass is 9.84. The first-order chi connectivity index (χ1) is 16.9. The molecule has 1 unspecified atom stereocenters. The molecular weight excluding hydrogens is 473 g/mol. The maximum Gasteiger partial charge on any atom is 0.416 e. The average Bonchev–Trinajstić information content (AvgIpc) is 3.29. The van der Waals surface area contributed by atoms with Gasteiger partial charge in [-0.2, -0.15) is 18.3 Å². The van der Waals surface area contributed by atoms with Crippen LogP contribution in [0.5, 0.6) is 5.75 Å². The highest BCUT2D eigenvalue weighted by Gasteiger charge is 2.41. The largest absolute Gasteiger partial charge is 0.493 e. The smallest absolute Gasteiger partial charge is 0.416 e. The van der Waals surface area contributed by atoms with Crippen molar-refractivity contribution in [2.75, 3.05) is 6.61 Å². The molecule has 2 heterocycles. The summed E-state index contributed by atoms with van der Waals surface area (Å²) in [5.74, 6) is -0.820. The van der Waals surface area contributed by atoms with Gasteiger partial charge < -0.3 is 14.6 Å². The molecule has 2 aromatic carbocycles. The van der Waals surface area contributed by atoms with Crippen molar-refractivity contribution in [3.8, 4) is 28.0 Å². The zero-order valence-electron chi connectivity index (χ0n) is 20.6. The molecule has 4 rings (SSSR count). The van der Waals surface area contributed by atoms with Gasteiger partial charge in [0.05, 0.1) is 24.0 Å². The topological polar surface area (TPSA) is 73.6 Å². The van der Waals surface area contributed by atoms with Crippen LogP contribution in [0.2, 0.25) is 0 Å². The van der Waals surface area contributed by atoms with Gasteiger partial charge in [-0.05, 0) is 81.0 Å². The fourth-order valence-electron chi connectivity index (χ4n) is 4.47. The number of aromatic nitrogens is 2. The van der Waals surface area contributed by atoms with Crippen LogP contribution < -0.4 is 4.74 Å². The first-order valence-electron chi connectivity index (χ1n) is 11.8. The maximum atomic E-state index is 14.4. The van der Waals surface area contributed by atoms with Crippen molar-refractivity contribution in [3.63, 3.8) is 0 Å². The van der Waals surface area contributed by atoms with Gasteiger partial charge in [0.15, 0.2) is 6.10 Å². The van der Waals surface area contributed by atoms with Gasteiger partial charge in [-0.15, -0.1) is 0 Å². The molecule has 0 amide bonds. The Hall–Kier alpha value is -3.33. The van der Waals surface area contributed by atoms with Crippen LogP contribution >= 0.6 is 0 Å². The fraction of sp³-hybridized carbons (Fsp3) is 0.407. The van der Waals surface area contributed by atoms with E-state index in [-0.39, 0.29) is 5.56 Å². The number of aliphatic carboxylic acids is 1. The molecule has 192 valence electrons. The van der Waals surface area contributed by atoms with Gasteiger partial charge in [0.1, 0.15) is 5.75 Å². The SMILES string of the molecule is CCn1cc(-c2ccc(C(F)(F)F)c(C(OC(C)(C)C)C(=O)O)c2-c2ccc3c(c2)CCCO3)cn1. The van der Waals surface area contributed by atoms with Crippen molar-refractivity contribution in [1.82, 2.24) is 9.78 Å². The van der Waals surface area contributed by atoms with Crippen LogP contribution in [0.3, 0.4) is 0 Å². The molecule has 1 N–H and O–H groups in total. The monoisotopic (exact) mass is 502 g/mol. The van der Waals surface area contributed by atoms with Crippen LogP contribution in [-0.2, 0) is 28.7 Å². The zero-order chi connectivity index (χ0) is 26.3. The summed E-state index contributed by atoms with van der Waals surface area (Å²) in [6, 6.07) is 7.50. The van der Waals surface area contributed by atoms with E-state index in [4.69, 9.17) is 9.47 Å². The number of benzene rings is 2. The number of carboxylic acid groups (broad SMARTS) is 1. The predicted molar refractivity (Wildman–Crippen MR) is 129 cm³/mol. The van der Waals surface area contributed by atoms with Gasteiger partial charge >= 0.3 is 12.1 Å². The number of hydrogen-bond donors (Lipinski definition) is 1. The molecule has 1 atom stereocenters. The quantitative estimate of drug-likeness (QED) is 0.415. The first kappa shape index (κ1) is 25.8. The second-order valence-electron chi connectivity index (χ2n) is 9.75. The third-order valence-electron chi connectivity index (χ3n) is 5.97. The lowest BCUT2D eigenvalue weighted by Crippen LogP contribution is -2.29. The lowest BCUT2D eigenvalue weighted by molar-refractivity contribution is -0.163. The minimum Gasteiger partial charge on any atom is -0.493 e. The van der Waals surface area contributed by atoms with Crippen molar-refractivity contribution < 1.29 is 32.5 Å². The highest BCUT2D eigenvalue weighted by Crippen LogP contribution is 2.47. The molecule has 1 aliphatic rings. The van der Waals surface area contributed by atoms with Gasteiger partial charge in [0, 0.05) is 23.9 Å². The molecule has 1 aliphatic heterocycles. The Balaban J connectivity index is 2.09. The summed E-state index contributed by atoms with van der Waals surface area (Å²) < 4.78 is 56.3. The standard InChI is InChI=1S/C27H29F3N2O4/c1-5-32-15-18(14-31-32)19-9-10-20(27(28,29)30)23(24(25(33)34)36-26(2,3)4)22(19)17-8-11-21-16(13-17)7-6-12-35-21/h8-11,13-15,24H,5-7,12H2,1-4H3,(H,33,34). The summed E-state index contributed by atoms with van der Waals surface area (Å²) in [6.07, 6.45) is -1.86. The Labute approximate surface area is 207 Å². The Morgan fingerprint density at radius 2 is 1.94 bits per heavy atom. The Morgan fingerprint density at radius 3 is 2.56 bits per heavy atom. The van der Waals surface area contributed by atoms with Crippen molar-refractivity contribution in [3.05, 3.63) is 59.4 Å². The molecule has 36 heavy (non-hydrogen) atoms. The number of rotatable bonds is 6. The van der Waals surface area contributed by atoms with E-state index in [1.165, 1.54) is 6.07 Å². The number of alkyl halides is 3. The molecule has 0 bridgehead atoms. The summed E-state index contributed by atoms with van der Waals surface area (Å²) in [5, 5.41) is 14.4. The number of hydrogen-bond acceptors (Lipinski definition) is 4. The Kier molecular flexibility index (Phi) is 6.88. The fourth-order valence-corrected chi connectivity index (χ4v) is 4.47. The number of aryl methyl sites for hydroxylation is 2. The minimum atomic E-state index is -4.80. The third kappa shape index (κ3) is 5.26. The normalized spacial score (nSPS) is 14.8. The number of nitrogens with zero attached hydrogens (tertiary/aromatic N) is 2. The van der Waals surface area contributed by atoms with E-state index in [1.54, 1.807) is 56.0 Å². The lowest BCUT2D eigenvalue weighted by Gasteiger charge is -2.30. The maximum absolute atomic E-state index is 14.4. The zero-order valence-corrected chi connectivity index (χ0v) is 20.6. The molecule has 0 spiro atoms. The number of carboxylic acids is 1. The molecule has 3 aromatic rings. The molecule has 0 saturated carbocycles. The van der Waals surface area contributed by atoms with Crippen molar-refractivity contribution in [2.45, 2.75) is 65.0 Å². The van der Waals surface area contributed by atoms with Gasteiger partial charge in [0.25, 0.3) is 0 Å². The summed E-state index contributed by atoms with van der Waals surface area (Å²) in [6.45, 7) is 7.88. The van der Waals surface area contributed by atoms with Crippen LogP contribution in [-0.4, -0.2) is 33.1 Å². The van der Waals surface area contributed by atoms with Gasteiger partial charge in [0.2, 0.25) is 0 Å². The van der Waals surface area contributed by atoms with E-state index in [0.29, 0.717) is 42.0 Å². The van der Waals surface area contributed by atoms with E-state index in [2.05, 4.69) is 5.10 Å². The summed E-state index contributed by atoms with van der Waals surface area (Å²) in [4.78, 5) is 12.4. The number of carbonyl (C=O) groups is 1. The van der Waals surface area contributed by atoms with Crippen molar-refractivity contribution in [2.24, 2.45) is 0 Å². The van der Waals surface area contributed by atoms with Gasteiger partial charge in [-0.3, -0.25) is 4.68 Å². The van der Waals surface area contributed by atoms with E-state index in [0.717, 1.165) is 18.1 Å². The highest BCUT2D eigenvalue weighted by atomic mass is 19.4. The minimum absolute atomic E-state index is 0.158. The van der Waals surface area contributed by atoms with Crippen LogP contribution in [0.1, 0.15) is 56.9 Å². The van der Waals surface area contributed by atoms with E-state index in [1.807, 2.05) is 6.92 Å². The average molecular weight is 503 g/mol. The predicted octanol–water partition coefficient (Wildman–Crippen LogP) is 6.52.